The lowest BCUT2D eigenvalue weighted by Gasteiger charge is -2.09. The summed E-state index contributed by atoms with van der Waals surface area (Å²) in [5.41, 5.74) is 0. The standard InChI is InChI=1S/C6H11NO2.BrH/c8-6(9)5-7-3-1-2-4-7;/h1-5H2,(H,8,9);1H. The van der Waals surface area contributed by atoms with Crippen molar-refractivity contribution >= 4 is 5.97 Å². The summed E-state index contributed by atoms with van der Waals surface area (Å²) in [6.07, 6.45) is 2.32. The summed E-state index contributed by atoms with van der Waals surface area (Å²) in [7, 11) is 0. The molecule has 60 valence electrons. The lowest BCUT2D eigenvalue weighted by atomic mass is 10.4. The predicted octanol–water partition coefficient (Wildman–Crippen LogP) is -2.72. The lowest BCUT2D eigenvalue weighted by molar-refractivity contribution is -0.138. The van der Waals surface area contributed by atoms with Gasteiger partial charge in [0.25, 0.3) is 0 Å². The van der Waals surface area contributed by atoms with Crippen LogP contribution in [-0.2, 0) is 4.79 Å². The van der Waals surface area contributed by atoms with E-state index in [2.05, 4.69) is 0 Å². The molecule has 0 bridgehead atoms. The van der Waals surface area contributed by atoms with Gasteiger partial charge in [-0.3, -0.25) is 9.69 Å². The van der Waals surface area contributed by atoms with Crippen molar-refractivity contribution in [2.24, 2.45) is 0 Å². The molecular formula is C6H12BrNO2. The molecule has 1 rings (SSSR count). The molecule has 0 aromatic rings. The molecule has 0 aromatic heterocycles. The molecule has 0 radical (unpaired) electrons. The second kappa shape index (κ2) is 4.68. The van der Waals surface area contributed by atoms with E-state index in [1.54, 1.807) is 0 Å². The predicted molar refractivity (Wildman–Crippen MR) is 34.4 cm³/mol. The first-order chi connectivity index (χ1) is 4.29. The van der Waals surface area contributed by atoms with Gasteiger partial charge >= 0.3 is 7.40 Å². The van der Waals surface area contributed by atoms with E-state index in [0.29, 0.717) is 0 Å². The maximum Gasteiger partial charge on any atom is 1.00 e. The SMILES string of the molecule is O=C(O)CN1CCCC1.[Br-].[H+]. The topological polar surface area (TPSA) is 40.5 Å². The van der Waals surface area contributed by atoms with Crippen LogP contribution in [0.4, 0.5) is 0 Å². The monoisotopic (exact) mass is 209 g/mol. The minimum Gasteiger partial charge on any atom is -1.00 e. The fourth-order valence-electron chi connectivity index (χ4n) is 1.13. The molecule has 10 heavy (non-hydrogen) atoms. The fourth-order valence-corrected chi connectivity index (χ4v) is 1.13. The van der Waals surface area contributed by atoms with Crippen LogP contribution in [-0.4, -0.2) is 35.6 Å². The van der Waals surface area contributed by atoms with Crippen molar-refractivity contribution in [1.29, 1.82) is 0 Å². The largest absolute Gasteiger partial charge is 1.00 e. The van der Waals surface area contributed by atoms with Crippen molar-refractivity contribution in [1.82, 2.24) is 4.90 Å². The van der Waals surface area contributed by atoms with Gasteiger partial charge in [0.2, 0.25) is 0 Å². The Kier molecular flexibility index (Phi) is 4.64. The van der Waals surface area contributed by atoms with Gasteiger partial charge in [0.15, 0.2) is 0 Å². The average Bonchev–Trinajstić information content (AvgIpc) is 2.15. The van der Waals surface area contributed by atoms with Gasteiger partial charge in [0, 0.05) is 0 Å². The number of carbonyl (C=O) groups is 1. The van der Waals surface area contributed by atoms with Crippen molar-refractivity contribution in [2.45, 2.75) is 12.8 Å². The van der Waals surface area contributed by atoms with Crippen molar-refractivity contribution in [3.05, 3.63) is 0 Å². The average molecular weight is 210 g/mol. The van der Waals surface area contributed by atoms with E-state index in [0.717, 1.165) is 25.9 Å². The molecule has 3 nitrogen and oxygen atoms in total. The van der Waals surface area contributed by atoms with Crippen LogP contribution in [0, 0.1) is 0 Å². The third kappa shape index (κ3) is 3.17. The summed E-state index contributed by atoms with van der Waals surface area (Å²) < 4.78 is 0. The first-order valence-electron chi connectivity index (χ1n) is 3.23. The Morgan fingerprint density at radius 3 is 2.40 bits per heavy atom. The van der Waals surface area contributed by atoms with Crippen LogP contribution in [0.2, 0.25) is 0 Å². The summed E-state index contributed by atoms with van der Waals surface area (Å²) in [4.78, 5) is 12.1. The molecule has 1 aliphatic heterocycles. The molecule has 1 heterocycles. The van der Waals surface area contributed by atoms with E-state index < -0.39 is 5.97 Å². The summed E-state index contributed by atoms with van der Waals surface area (Å²) in [5, 5.41) is 8.33. The molecule has 0 aromatic carbocycles. The molecule has 1 saturated heterocycles. The Morgan fingerprint density at radius 1 is 1.50 bits per heavy atom. The molecule has 0 saturated carbocycles. The molecular weight excluding hydrogens is 198 g/mol. The van der Waals surface area contributed by atoms with E-state index in [1.165, 1.54) is 0 Å². The fraction of sp³-hybridized carbons (Fsp3) is 0.833. The van der Waals surface area contributed by atoms with Crippen LogP contribution in [0.3, 0.4) is 0 Å². The molecule has 1 fully saturated rings. The number of nitrogens with zero attached hydrogens (tertiary/aromatic N) is 1. The van der Waals surface area contributed by atoms with Crippen LogP contribution in [0.15, 0.2) is 0 Å². The molecule has 0 atom stereocenters. The maximum absolute atomic E-state index is 10.1. The summed E-state index contributed by atoms with van der Waals surface area (Å²) in [6, 6.07) is 0. The zero-order chi connectivity index (χ0) is 6.69. The van der Waals surface area contributed by atoms with Gasteiger partial charge in [-0.2, -0.15) is 0 Å². The zero-order valence-electron chi connectivity index (χ0n) is 6.72. The van der Waals surface area contributed by atoms with Gasteiger partial charge < -0.3 is 22.1 Å². The van der Waals surface area contributed by atoms with Gasteiger partial charge in [-0.15, -0.1) is 0 Å². The van der Waals surface area contributed by atoms with E-state index in [4.69, 9.17) is 5.11 Å². The van der Waals surface area contributed by atoms with Crippen molar-refractivity contribution in [3.8, 4) is 0 Å². The van der Waals surface area contributed by atoms with Gasteiger partial charge in [-0.1, -0.05) is 0 Å². The summed E-state index contributed by atoms with van der Waals surface area (Å²) in [6.45, 7) is 2.15. The van der Waals surface area contributed by atoms with Crippen LogP contribution >= 0.6 is 0 Å². The number of halogens is 1. The Bertz CT molecular complexity index is 117. The smallest absolute Gasteiger partial charge is 1.00 e. The Morgan fingerprint density at radius 2 is 2.00 bits per heavy atom. The zero-order valence-corrected chi connectivity index (χ0v) is 7.30. The maximum atomic E-state index is 10.1. The Hall–Kier alpha value is -0.0900. The van der Waals surface area contributed by atoms with Crippen molar-refractivity contribution < 1.29 is 28.3 Å². The summed E-state index contributed by atoms with van der Waals surface area (Å²) in [5.74, 6) is -0.711. The first kappa shape index (κ1) is 9.91. The minimum atomic E-state index is -0.711. The van der Waals surface area contributed by atoms with Gasteiger partial charge in [-0.25, -0.2) is 0 Å². The minimum absolute atomic E-state index is 0. The van der Waals surface area contributed by atoms with Crippen LogP contribution in [0.1, 0.15) is 14.3 Å². The number of hydrogen-bond acceptors (Lipinski definition) is 2. The third-order valence-electron chi connectivity index (χ3n) is 1.56. The molecule has 0 aliphatic carbocycles. The highest BCUT2D eigenvalue weighted by molar-refractivity contribution is 5.69. The van der Waals surface area contributed by atoms with Crippen molar-refractivity contribution in [2.75, 3.05) is 19.6 Å². The first-order valence-corrected chi connectivity index (χ1v) is 3.23. The van der Waals surface area contributed by atoms with Gasteiger partial charge in [-0.05, 0) is 25.9 Å². The van der Waals surface area contributed by atoms with Crippen LogP contribution in [0.5, 0.6) is 0 Å². The normalized spacial score (nSPS) is 18.4. The summed E-state index contributed by atoms with van der Waals surface area (Å²) >= 11 is 0. The quantitative estimate of drug-likeness (QED) is 0.538. The second-order valence-corrected chi connectivity index (χ2v) is 2.38. The lowest BCUT2D eigenvalue weighted by Crippen LogP contribution is -3.00. The molecule has 0 unspecified atom stereocenters. The van der Waals surface area contributed by atoms with E-state index >= 15 is 0 Å². The molecule has 0 spiro atoms. The highest BCUT2D eigenvalue weighted by atomic mass is 79.9. The molecule has 0 amide bonds. The Labute approximate surface area is 72.3 Å². The molecule has 1 aliphatic rings. The number of hydrogen-bond donors (Lipinski definition) is 1. The van der Waals surface area contributed by atoms with E-state index in [9.17, 15) is 4.79 Å². The Balaban J connectivity index is 0. The van der Waals surface area contributed by atoms with Crippen LogP contribution < -0.4 is 17.0 Å². The van der Waals surface area contributed by atoms with Gasteiger partial charge in [0.05, 0.1) is 6.54 Å². The van der Waals surface area contributed by atoms with E-state index in [1.807, 2.05) is 4.90 Å². The van der Waals surface area contributed by atoms with Crippen LogP contribution in [0.25, 0.3) is 0 Å². The highest BCUT2D eigenvalue weighted by Crippen LogP contribution is 2.05. The van der Waals surface area contributed by atoms with Crippen molar-refractivity contribution in [3.63, 3.8) is 0 Å². The third-order valence-corrected chi connectivity index (χ3v) is 1.56. The number of aliphatic carboxylic acids is 1. The van der Waals surface area contributed by atoms with Gasteiger partial charge in [0.1, 0.15) is 0 Å². The highest BCUT2D eigenvalue weighted by Gasteiger charge is 2.13. The molecule has 1 N–H and O–H groups in total. The second-order valence-electron chi connectivity index (χ2n) is 2.38. The number of carboxylic acid groups (broad SMARTS) is 1. The number of likely N-dealkylation sites (tertiary alicyclic amines) is 1. The number of rotatable bonds is 2. The van der Waals surface area contributed by atoms with E-state index in [-0.39, 0.29) is 25.0 Å². The number of carboxylic acids is 1. The molecule has 4 heteroatoms.